The number of nitrogens with one attached hydrogen (secondary N) is 2. The number of hydrogen-bond donors (Lipinski definition) is 3. The number of amides is 2. The van der Waals surface area contributed by atoms with Crippen molar-refractivity contribution in [2.24, 2.45) is 22.6 Å². The molecule has 0 spiro atoms. The molecule has 2 atom stereocenters. The van der Waals surface area contributed by atoms with Gasteiger partial charge in [-0.1, -0.05) is 6.42 Å². The number of hydrogen-bond acceptors (Lipinski definition) is 4. The predicted octanol–water partition coefficient (Wildman–Crippen LogP) is 3.16. The van der Waals surface area contributed by atoms with Crippen LogP contribution in [0.2, 0.25) is 0 Å². The summed E-state index contributed by atoms with van der Waals surface area (Å²) in [5, 5.41) is 5.85. The Morgan fingerprint density at radius 2 is 1.48 bits per heavy atom. The largest absolute Gasteiger partial charge is 0.444 e. The maximum Gasteiger partial charge on any atom is 0.437 e. The van der Waals surface area contributed by atoms with E-state index in [1.54, 1.807) is 20.8 Å². The van der Waals surface area contributed by atoms with E-state index in [2.05, 4.69) is 15.6 Å². The van der Waals surface area contributed by atoms with Crippen LogP contribution in [0.5, 0.6) is 0 Å². The maximum absolute atomic E-state index is 11.8. The van der Waals surface area contributed by atoms with Gasteiger partial charge in [0.2, 0.25) is 0 Å². The Bertz CT molecular complexity index is 535. The number of rotatable bonds is 4. The fourth-order valence-corrected chi connectivity index (χ4v) is 2.99. The molecule has 0 aromatic heterocycles. The molecule has 1 aliphatic rings. The molecule has 8 nitrogen and oxygen atoms in total. The number of alkyl carbamates (subject to hydrolysis) is 1. The third-order valence-electron chi connectivity index (χ3n) is 4.00. The molecule has 0 aromatic carbocycles. The van der Waals surface area contributed by atoms with Crippen LogP contribution < -0.4 is 16.4 Å². The van der Waals surface area contributed by atoms with Gasteiger partial charge >= 0.3 is 12.2 Å². The molecule has 0 aliphatic heterocycles. The van der Waals surface area contributed by atoms with E-state index < -0.39 is 17.3 Å². The topological polar surface area (TPSA) is 115 Å². The highest BCUT2D eigenvalue weighted by molar-refractivity contribution is 5.89. The second-order valence-corrected chi connectivity index (χ2v) is 9.14. The van der Waals surface area contributed by atoms with Gasteiger partial charge in [0.25, 0.3) is 0 Å². The highest BCUT2D eigenvalue weighted by Gasteiger charge is 2.24. The molecule has 0 saturated heterocycles. The summed E-state index contributed by atoms with van der Waals surface area (Å²) in [5.41, 5.74) is 4.68. The lowest BCUT2D eigenvalue weighted by Gasteiger charge is -2.30. The lowest BCUT2D eigenvalue weighted by Crippen LogP contribution is -2.40. The SMILES string of the molecule is CC(C)(C)OC(=O)N=C(N)NCC1CCCC(CNC(=O)OC(C)(C)C)C1. The average Bonchev–Trinajstić information content (AvgIpc) is 2.48. The van der Waals surface area contributed by atoms with Crippen molar-refractivity contribution < 1.29 is 19.1 Å². The van der Waals surface area contributed by atoms with E-state index in [0.29, 0.717) is 24.9 Å². The van der Waals surface area contributed by atoms with Crippen molar-refractivity contribution in [2.45, 2.75) is 78.4 Å². The van der Waals surface area contributed by atoms with E-state index in [1.165, 1.54) is 0 Å². The first-order valence-electron chi connectivity index (χ1n) is 9.62. The number of aliphatic imine (C=N–C) groups is 1. The van der Waals surface area contributed by atoms with Crippen molar-refractivity contribution in [3.8, 4) is 0 Å². The zero-order chi connectivity index (χ0) is 20.7. The predicted molar refractivity (Wildman–Crippen MR) is 106 cm³/mol. The molecule has 1 aliphatic carbocycles. The van der Waals surface area contributed by atoms with Crippen LogP contribution in [-0.2, 0) is 9.47 Å². The van der Waals surface area contributed by atoms with E-state index >= 15 is 0 Å². The number of nitrogens with zero attached hydrogens (tertiary/aromatic N) is 1. The fraction of sp³-hybridized carbons (Fsp3) is 0.842. The van der Waals surface area contributed by atoms with Crippen LogP contribution >= 0.6 is 0 Å². The number of nitrogens with two attached hydrogens (primary N) is 1. The van der Waals surface area contributed by atoms with Crippen LogP contribution in [0.25, 0.3) is 0 Å². The maximum atomic E-state index is 11.8. The molecule has 2 amide bonds. The van der Waals surface area contributed by atoms with Crippen LogP contribution in [0.4, 0.5) is 9.59 Å². The number of carbonyl (C=O) groups excluding carboxylic acids is 2. The highest BCUT2D eigenvalue weighted by atomic mass is 16.6. The molecule has 1 rings (SSSR count). The first kappa shape index (κ1) is 23.0. The molecule has 156 valence electrons. The Balaban J connectivity index is 2.36. The van der Waals surface area contributed by atoms with E-state index in [0.717, 1.165) is 25.7 Å². The van der Waals surface area contributed by atoms with E-state index in [9.17, 15) is 9.59 Å². The smallest absolute Gasteiger partial charge is 0.437 e. The van der Waals surface area contributed by atoms with Crippen LogP contribution in [-0.4, -0.2) is 42.4 Å². The number of guanidine groups is 1. The standard InChI is InChI=1S/C19H36N4O4/c1-18(2,3)26-16(24)22-12-14-9-7-8-13(10-14)11-21-15(20)23-17(25)27-19(4,5)6/h13-14H,7-12H2,1-6H3,(H,22,24)(H3,20,21,23,25). The van der Waals surface area contributed by atoms with Gasteiger partial charge in [0.1, 0.15) is 11.2 Å². The first-order valence-corrected chi connectivity index (χ1v) is 9.62. The van der Waals surface area contributed by atoms with Gasteiger partial charge in [0.05, 0.1) is 0 Å². The molecule has 0 radical (unpaired) electrons. The zero-order valence-electron chi connectivity index (χ0n) is 17.6. The Hall–Kier alpha value is -1.99. The minimum Gasteiger partial charge on any atom is -0.444 e. The highest BCUT2D eigenvalue weighted by Crippen LogP contribution is 2.28. The molecule has 8 heteroatoms. The summed E-state index contributed by atoms with van der Waals surface area (Å²) in [4.78, 5) is 27.1. The van der Waals surface area contributed by atoms with Crippen LogP contribution in [0.3, 0.4) is 0 Å². The van der Waals surface area contributed by atoms with Crippen molar-refractivity contribution in [2.75, 3.05) is 13.1 Å². The quantitative estimate of drug-likeness (QED) is 0.506. The second kappa shape index (κ2) is 9.80. The molecule has 1 saturated carbocycles. The fourth-order valence-electron chi connectivity index (χ4n) is 2.99. The van der Waals surface area contributed by atoms with Gasteiger partial charge in [-0.3, -0.25) is 0 Å². The molecule has 1 fully saturated rings. The molecule has 0 bridgehead atoms. The molecule has 2 unspecified atom stereocenters. The lowest BCUT2D eigenvalue weighted by atomic mass is 9.81. The summed E-state index contributed by atoms with van der Waals surface area (Å²) in [6.45, 7) is 12.1. The van der Waals surface area contributed by atoms with Crippen molar-refractivity contribution in [3.63, 3.8) is 0 Å². The first-order chi connectivity index (χ1) is 12.3. The van der Waals surface area contributed by atoms with Gasteiger partial charge < -0.3 is 25.8 Å². The summed E-state index contributed by atoms with van der Waals surface area (Å²) < 4.78 is 10.4. The summed E-state index contributed by atoms with van der Waals surface area (Å²) in [6, 6.07) is 0. The lowest BCUT2D eigenvalue weighted by molar-refractivity contribution is 0.0511. The summed E-state index contributed by atoms with van der Waals surface area (Å²) in [7, 11) is 0. The van der Waals surface area contributed by atoms with Gasteiger partial charge in [-0.15, -0.1) is 4.99 Å². The van der Waals surface area contributed by atoms with Crippen LogP contribution in [0.1, 0.15) is 67.2 Å². The second-order valence-electron chi connectivity index (χ2n) is 9.14. The number of carbonyl (C=O) groups is 2. The average molecular weight is 385 g/mol. The molecule has 0 heterocycles. The molecule has 27 heavy (non-hydrogen) atoms. The molecular weight excluding hydrogens is 348 g/mol. The summed E-state index contributed by atoms with van der Waals surface area (Å²) in [6.07, 6.45) is 3.15. The zero-order valence-corrected chi connectivity index (χ0v) is 17.6. The van der Waals surface area contributed by atoms with E-state index in [-0.39, 0.29) is 12.1 Å². The van der Waals surface area contributed by atoms with Crippen molar-refractivity contribution in [1.82, 2.24) is 10.6 Å². The van der Waals surface area contributed by atoms with Crippen LogP contribution in [0.15, 0.2) is 4.99 Å². The third kappa shape index (κ3) is 11.4. The summed E-state index contributed by atoms with van der Waals surface area (Å²) in [5.74, 6) is 0.886. The Morgan fingerprint density at radius 3 is 2.00 bits per heavy atom. The van der Waals surface area contributed by atoms with E-state index in [1.807, 2.05) is 20.8 Å². The normalized spacial score (nSPS) is 21.3. The Morgan fingerprint density at radius 1 is 0.963 bits per heavy atom. The van der Waals surface area contributed by atoms with Gasteiger partial charge in [-0.2, -0.15) is 0 Å². The monoisotopic (exact) mass is 384 g/mol. The molecular formula is C19H36N4O4. The van der Waals surface area contributed by atoms with Crippen molar-refractivity contribution in [3.05, 3.63) is 0 Å². The Kier molecular flexibility index (Phi) is 8.37. The van der Waals surface area contributed by atoms with E-state index in [4.69, 9.17) is 15.2 Å². The van der Waals surface area contributed by atoms with Gasteiger partial charge in [-0.05, 0) is 72.6 Å². The minimum absolute atomic E-state index is 0.0678. The molecule has 0 aromatic rings. The van der Waals surface area contributed by atoms with Gasteiger partial charge in [-0.25, -0.2) is 9.59 Å². The van der Waals surface area contributed by atoms with Crippen LogP contribution in [0, 0.1) is 11.8 Å². The summed E-state index contributed by atoms with van der Waals surface area (Å²) >= 11 is 0. The third-order valence-corrected chi connectivity index (χ3v) is 4.00. The van der Waals surface area contributed by atoms with Crippen molar-refractivity contribution >= 4 is 18.1 Å². The van der Waals surface area contributed by atoms with Gasteiger partial charge in [0, 0.05) is 13.1 Å². The molecule has 4 N–H and O–H groups in total. The van der Waals surface area contributed by atoms with Gasteiger partial charge in [0.15, 0.2) is 5.96 Å². The minimum atomic E-state index is -0.699. The van der Waals surface area contributed by atoms with Crippen molar-refractivity contribution in [1.29, 1.82) is 0 Å². The number of ether oxygens (including phenoxy) is 2. The Labute approximate surface area is 162 Å².